The normalized spacial score (nSPS) is 14.9. The maximum Gasteiger partial charge on any atom is 0.262 e. The number of carbonyl (C=O) groups excluding carboxylic acids is 4. The van der Waals surface area contributed by atoms with E-state index in [1.165, 1.54) is 17.8 Å². The van der Waals surface area contributed by atoms with E-state index in [9.17, 15) is 29.4 Å². The van der Waals surface area contributed by atoms with Crippen molar-refractivity contribution in [2.45, 2.75) is 12.5 Å². The number of carbonyl (C=O) groups is 4. The molecular formula is C14H11NO6S-2. The molecule has 0 aromatic heterocycles. The number of aliphatic carboxylic acids is 1. The topological polar surface area (TPSA) is 118 Å². The van der Waals surface area contributed by atoms with E-state index in [-0.39, 0.29) is 23.1 Å². The molecule has 0 saturated carbocycles. The summed E-state index contributed by atoms with van der Waals surface area (Å²) in [6.45, 7) is 0. The van der Waals surface area contributed by atoms with Crippen molar-refractivity contribution in [2.75, 3.05) is 12.0 Å². The highest BCUT2D eigenvalue weighted by Gasteiger charge is 2.40. The Balaban J connectivity index is 2.40. The van der Waals surface area contributed by atoms with E-state index >= 15 is 0 Å². The molecule has 0 radical (unpaired) electrons. The second kappa shape index (κ2) is 6.18. The Morgan fingerprint density at radius 1 is 1.18 bits per heavy atom. The molecule has 2 amide bonds. The van der Waals surface area contributed by atoms with Gasteiger partial charge in [0.05, 0.1) is 29.1 Å². The molecule has 116 valence electrons. The molecule has 22 heavy (non-hydrogen) atoms. The van der Waals surface area contributed by atoms with Crippen LogP contribution in [-0.2, 0) is 4.79 Å². The zero-order valence-electron chi connectivity index (χ0n) is 11.5. The van der Waals surface area contributed by atoms with E-state index in [1.54, 1.807) is 6.26 Å². The van der Waals surface area contributed by atoms with Gasteiger partial charge in [0, 0.05) is 0 Å². The van der Waals surface area contributed by atoms with Crippen molar-refractivity contribution in [1.29, 1.82) is 0 Å². The van der Waals surface area contributed by atoms with E-state index in [0.29, 0.717) is 10.7 Å². The molecule has 1 aromatic carbocycles. The Morgan fingerprint density at radius 2 is 1.82 bits per heavy atom. The van der Waals surface area contributed by atoms with Crippen LogP contribution in [0.2, 0.25) is 0 Å². The first kappa shape index (κ1) is 16.0. The smallest absolute Gasteiger partial charge is 0.262 e. The predicted octanol–water partition coefficient (Wildman–Crippen LogP) is -1.48. The highest BCUT2D eigenvalue weighted by molar-refractivity contribution is 7.98. The Kier molecular flexibility index (Phi) is 4.51. The molecule has 7 nitrogen and oxygen atoms in total. The van der Waals surface area contributed by atoms with Crippen LogP contribution in [-0.4, -0.2) is 46.7 Å². The predicted molar refractivity (Wildman–Crippen MR) is 73.1 cm³/mol. The van der Waals surface area contributed by atoms with Crippen molar-refractivity contribution in [3.8, 4) is 0 Å². The van der Waals surface area contributed by atoms with Gasteiger partial charge in [0.1, 0.15) is 0 Å². The molecule has 1 aliphatic rings. The Hall–Kier alpha value is -2.35. The fraction of sp³-hybridized carbons (Fsp3) is 0.286. The first-order chi connectivity index (χ1) is 10.4. The maximum atomic E-state index is 12.3. The summed E-state index contributed by atoms with van der Waals surface area (Å²) < 4.78 is 0. The highest BCUT2D eigenvalue weighted by Crippen LogP contribution is 2.27. The number of benzene rings is 1. The first-order valence-electron chi connectivity index (χ1n) is 6.31. The van der Waals surface area contributed by atoms with E-state index in [2.05, 4.69) is 0 Å². The number of nitrogens with zero attached hydrogens (tertiary/aromatic N) is 1. The number of amides is 2. The third kappa shape index (κ3) is 2.69. The number of carboxylic acid groups (broad SMARTS) is 2. The fourth-order valence-electron chi connectivity index (χ4n) is 2.25. The summed E-state index contributed by atoms with van der Waals surface area (Å²) in [7, 11) is 0. The van der Waals surface area contributed by atoms with Gasteiger partial charge in [-0.05, 0) is 36.1 Å². The Morgan fingerprint density at radius 3 is 2.36 bits per heavy atom. The van der Waals surface area contributed by atoms with E-state index in [1.807, 2.05) is 0 Å². The van der Waals surface area contributed by atoms with Crippen LogP contribution in [0.1, 0.15) is 37.5 Å². The molecule has 0 unspecified atom stereocenters. The van der Waals surface area contributed by atoms with Crippen LogP contribution in [0.15, 0.2) is 18.2 Å². The quantitative estimate of drug-likeness (QED) is 0.586. The van der Waals surface area contributed by atoms with Gasteiger partial charge in [-0.15, -0.1) is 0 Å². The zero-order valence-corrected chi connectivity index (χ0v) is 12.3. The Labute approximate surface area is 129 Å². The summed E-state index contributed by atoms with van der Waals surface area (Å²) in [6, 6.07) is 1.96. The standard InChI is InChI=1S/C14H13NO6S/c1-22-5-4-10(14(20)21)15-11(16)8-3-2-7(13(18)19)6-9(8)12(15)17/h2-3,6,10H,4-5H2,1H3,(H,18,19)(H,20,21)/p-2/t10-/m1/s1. The van der Waals surface area contributed by atoms with Crippen LogP contribution in [0.3, 0.4) is 0 Å². The van der Waals surface area contributed by atoms with Gasteiger partial charge in [-0.1, -0.05) is 6.07 Å². The molecule has 1 heterocycles. The molecule has 0 fully saturated rings. The molecule has 0 saturated heterocycles. The van der Waals surface area contributed by atoms with Crippen molar-refractivity contribution in [3.05, 3.63) is 34.9 Å². The van der Waals surface area contributed by atoms with Gasteiger partial charge in [-0.3, -0.25) is 14.5 Å². The van der Waals surface area contributed by atoms with Crippen molar-refractivity contribution < 1.29 is 29.4 Å². The van der Waals surface area contributed by atoms with Crippen molar-refractivity contribution in [2.24, 2.45) is 0 Å². The van der Waals surface area contributed by atoms with Gasteiger partial charge in [0.2, 0.25) is 0 Å². The number of aromatic carboxylic acids is 1. The molecule has 0 spiro atoms. The zero-order chi connectivity index (χ0) is 16.4. The maximum absolute atomic E-state index is 12.3. The van der Waals surface area contributed by atoms with Crippen LogP contribution in [0.25, 0.3) is 0 Å². The molecule has 2 rings (SSSR count). The summed E-state index contributed by atoms with van der Waals surface area (Å²) in [5, 5.41) is 22.1. The van der Waals surface area contributed by atoms with Gasteiger partial charge in [0.25, 0.3) is 11.8 Å². The fourth-order valence-corrected chi connectivity index (χ4v) is 2.71. The average Bonchev–Trinajstić information content (AvgIpc) is 2.72. The lowest BCUT2D eigenvalue weighted by molar-refractivity contribution is -0.310. The van der Waals surface area contributed by atoms with Crippen molar-refractivity contribution in [3.63, 3.8) is 0 Å². The lowest BCUT2D eigenvalue weighted by atomic mass is 10.1. The van der Waals surface area contributed by atoms with Gasteiger partial charge in [0.15, 0.2) is 0 Å². The molecule has 0 aliphatic carbocycles. The summed E-state index contributed by atoms with van der Waals surface area (Å²) in [6.07, 6.45) is 1.82. The molecule has 0 bridgehead atoms. The number of hydrogen-bond acceptors (Lipinski definition) is 7. The molecular weight excluding hydrogens is 310 g/mol. The molecule has 1 atom stereocenters. The van der Waals surface area contributed by atoms with Gasteiger partial charge < -0.3 is 19.8 Å². The third-order valence-corrected chi connectivity index (χ3v) is 3.98. The van der Waals surface area contributed by atoms with Crippen LogP contribution in [0.5, 0.6) is 0 Å². The van der Waals surface area contributed by atoms with Crippen LogP contribution in [0, 0.1) is 0 Å². The van der Waals surface area contributed by atoms with Crippen LogP contribution < -0.4 is 10.2 Å². The first-order valence-corrected chi connectivity index (χ1v) is 7.71. The second-order valence-electron chi connectivity index (χ2n) is 4.64. The molecule has 0 N–H and O–H groups in total. The number of carboxylic acids is 2. The van der Waals surface area contributed by atoms with Crippen molar-refractivity contribution in [1.82, 2.24) is 4.90 Å². The van der Waals surface area contributed by atoms with Gasteiger partial charge in [-0.25, -0.2) is 0 Å². The lowest BCUT2D eigenvalue weighted by Gasteiger charge is -2.26. The highest BCUT2D eigenvalue weighted by atomic mass is 32.2. The van der Waals surface area contributed by atoms with E-state index in [4.69, 9.17) is 0 Å². The monoisotopic (exact) mass is 321 g/mol. The number of imide groups is 1. The average molecular weight is 321 g/mol. The van der Waals surface area contributed by atoms with Crippen molar-refractivity contribution >= 4 is 35.5 Å². The van der Waals surface area contributed by atoms with Crippen LogP contribution in [0.4, 0.5) is 0 Å². The number of hydrogen-bond donors (Lipinski definition) is 0. The molecule has 1 aliphatic heterocycles. The minimum absolute atomic E-state index is 0.0228. The summed E-state index contributed by atoms with van der Waals surface area (Å²) in [5.41, 5.74) is -0.414. The molecule has 1 aromatic rings. The largest absolute Gasteiger partial charge is 0.548 e. The summed E-state index contributed by atoms with van der Waals surface area (Å²) in [4.78, 5) is 47.2. The number of fused-ring (bicyclic) bond motifs is 1. The lowest BCUT2D eigenvalue weighted by Crippen LogP contribution is -2.50. The summed E-state index contributed by atoms with van der Waals surface area (Å²) in [5.74, 6) is -4.18. The summed E-state index contributed by atoms with van der Waals surface area (Å²) >= 11 is 1.37. The van der Waals surface area contributed by atoms with E-state index in [0.717, 1.165) is 12.1 Å². The van der Waals surface area contributed by atoms with E-state index < -0.39 is 29.8 Å². The second-order valence-corrected chi connectivity index (χ2v) is 5.63. The Bertz CT molecular complexity index is 671. The van der Waals surface area contributed by atoms with Gasteiger partial charge >= 0.3 is 0 Å². The third-order valence-electron chi connectivity index (χ3n) is 3.33. The number of thioether (sulfide) groups is 1. The van der Waals surface area contributed by atoms with Crippen LogP contribution >= 0.6 is 11.8 Å². The SMILES string of the molecule is CSCC[C@H](C(=O)[O-])N1C(=O)c2ccc(C(=O)[O-])cc2C1=O. The molecule has 8 heteroatoms. The minimum atomic E-state index is -1.52. The minimum Gasteiger partial charge on any atom is -0.548 e. The number of rotatable bonds is 6. The van der Waals surface area contributed by atoms with Gasteiger partial charge in [-0.2, -0.15) is 11.8 Å².